The Labute approximate surface area is 256 Å². The third kappa shape index (κ3) is 3.63. The molecule has 4 aromatic heterocycles. The van der Waals surface area contributed by atoms with Crippen molar-refractivity contribution < 1.29 is 0 Å². The molecule has 0 bridgehead atoms. The summed E-state index contributed by atoms with van der Waals surface area (Å²) in [4.78, 5) is 20.3. The molecule has 5 aromatic carbocycles. The monoisotopic (exact) mass is 582 g/mol. The molecule has 0 saturated heterocycles. The van der Waals surface area contributed by atoms with Gasteiger partial charge in [0.15, 0.2) is 11.6 Å². The summed E-state index contributed by atoms with van der Waals surface area (Å²) in [6, 6.07) is 44.9. The van der Waals surface area contributed by atoms with Crippen molar-refractivity contribution in [3.8, 4) is 28.7 Å². The Balaban J connectivity index is 1.53. The minimum atomic E-state index is 0.465. The van der Waals surface area contributed by atoms with E-state index in [0.717, 1.165) is 60.4 Å². The number of hydrogen-bond donors (Lipinski definition) is 0. The van der Waals surface area contributed by atoms with Gasteiger partial charge in [-0.3, -0.25) is 8.97 Å². The van der Waals surface area contributed by atoms with Gasteiger partial charge < -0.3 is 0 Å². The van der Waals surface area contributed by atoms with E-state index in [-0.39, 0.29) is 0 Å². The number of hydrogen-bond acceptors (Lipinski definition) is 5. The fraction of sp³-hybridized carbons (Fsp3) is 0. The van der Waals surface area contributed by atoms with E-state index >= 15 is 0 Å². The smallest absolute Gasteiger partial charge is 0.239 e. The summed E-state index contributed by atoms with van der Waals surface area (Å²) in [6.07, 6.45) is 0. The quantitative estimate of drug-likeness (QED) is 0.154. The summed E-state index contributed by atoms with van der Waals surface area (Å²) in [5.74, 6) is 1.62. The van der Waals surface area contributed by atoms with Crippen LogP contribution in [0, 0.1) is 4.64 Å². The van der Waals surface area contributed by atoms with Gasteiger partial charge in [0.05, 0.1) is 22.1 Å². The highest BCUT2D eigenvalue weighted by atomic mass is 32.1. The highest BCUT2D eigenvalue weighted by Crippen LogP contribution is 2.38. The normalized spacial score (nSPS) is 11.7. The van der Waals surface area contributed by atoms with E-state index in [4.69, 9.17) is 32.2 Å². The molecule has 6 nitrogen and oxygen atoms in total. The van der Waals surface area contributed by atoms with Crippen molar-refractivity contribution in [1.82, 2.24) is 28.9 Å². The van der Waals surface area contributed by atoms with E-state index in [2.05, 4.69) is 65.1 Å². The first-order chi connectivity index (χ1) is 21.8. The molecule has 0 spiro atoms. The highest BCUT2D eigenvalue weighted by Gasteiger charge is 2.22. The minimum Gasteiger partial charge on any atom is -0.290 e. The average Bonchev–Trinajstić information content (AvgIpc) is 3.49. The lowest BCUT2D eigenvalue weighted by atomic mass is 10.1. The average molecular weight is 583 g/mol. The number of pyridine rings is 2. The number of nitrogens with zero attached hydrogens (tertiary/aromatic N) is 6. The molecule has 0 radical (unpaired) electrons. The number of rotatable bonds is 3. The molecule has 0 aliphatic carbocycles. The molecule has 0 amide bonds. The third-order valence-electron chi connectivity index (χ3n) is 8.16. The van der Waals surface area contributed by atoms with Crippen LogP contribution in [-0.4, -0.2) is 28.9 Å². The third-order valence-corrected chi connectivity index (χ3v) is 8.56. The first kappa shape index (κ1) is 24.8. The van der Waals surface area contributed by atoms with E-state index < -0.39 is 0 Å². The molecule has 44 heavy (non-hydrogen) atoms. The first-order valence-electron chi connectivity index (χ1n) is 14.4. The van der Waals surface area contributed by atoms with Crippen LogP contribution in [0.15, 0.2) is 133 Å². The maximum Gasteiger partial charge on any atom is 0.239 e. The van der Waals surface area contributed by atoms with Crippen molar-refractivity contribution in [2.75, 3.05) is 0 Å². The number of fused-ring (bicyclic) bond motifs is 10. The first-order valence-corrected chi connectivity index (χ1v) is 14.8. The minimum absolute atomic E-state index is 0.465. The van der Waals surface area contributed by atoms with Gasteiger partial charge in [-0.25, -0.2) is 9.97 Å². The summed E-state index contributed by atoms with van der Waals surface area (Å²) in [6.45, 7) is 0. The van der Waals surface area contributed by atoms with Gasteiger partial charge in [-0.2, -0.15) is 9.97 Å². The fourth-order valence-electron chi connectivity index (χ4n) is 6.21. The van der Waals surface area contributed by atoms with Crippen LogP contribution in [0.4, 0.5) is 0 Å². The molecule has 0 fully saturated rings. The van der Waals surface area contributed by atoms with Gasteiger partial charge in [-0.15, -0.1) is 0 Å². The van der Waals surface area contributed by atoms with Crippen molar-refractivity contribution in [2.24, 2.45) is 0 Å². The van der Waals surface area contributed by atoms with Gasteiger partial charge in [-0.1, -0.05) is 134 Å². The largest absolute Gasteiger partial charge is 0.290 e. The van der Waals surface area contributed by atoms with Crippen molar-refractivity contribution in [3.63, 3.8) is 0 Å². The van der Waals surface area contributed by atoms with Gasteiger partial charge >= 0.3 is 0 Å². The van der Waals surface area contributed by atoms with Crippen LogP contribution >= 0.6 is 12.2 Å². The van der Waals surface area contributed by atoms with Crippen LogP contribution < -0.4 is 0 Å². The number of benzene rings is 5. The highest BCUT2D eigenvalue weighted by molar-refractivity contribution is 7.71. The van der Waals surface area contributed by atoms with E-state index in [1.807, 2.05) is 77.4 Å². The van der Waals surface area contributed by atoms with Crippen LogP contribution in [0.25, 0.3) is 78.0 Å². The van der Waals surface area contributed by atoms with Crippen LogP contribution in [-0.2, 0) is 0 Å². The SMILES string of the molecule is S=c1c2ccccc2c2c(c3ccccc3c3nc4ccccc4n32)n1-c1nc(-c2ccccc2)nc(-c2ccccc2)n1. The predicted octanol–water partition coefficient (Wildman–Crippen LogP) is 8.99. The summed E-state index contributed by atoms with van der Waals surface area (Å²) >= 11 is 6.32. The van der Waals surface area contributed by atoms with Crippen LogP contribution in [0.3, 0.4) is 0 Å². The zero-order valence-corrected chi connectivity index (χ0v) is 24.1. The van der Waals surface area contributed by atoms with Crippen LogP contribution in [0.5, 0.6) is 0 Å². The second kappa shape index (κ2) is 9.62. The van der Waals surface area contributed by atoms with Crippen molar-refractivity contribution in [3.05, 3.63) is 138 Å². The van der Waals surface area contributed by atoms with Crippen LogP contribution in [0.2, 0.25) is 0 Å². The van der Waals surface area contributed by atoms with Crippen molar-refractivity contribution in [2.45, 2.75) is 0 Å². The maximum atomic E-state index is 6.32. The zero-order chi connectivity index (χ0) is 29.2. The Morgan fingerprint density at radius 1 is 0.455 bits per heavy atom. The Kier molecular flexibility index (Phi) is 5.42. The lowest BCUT2D eigenvalue weighted by molar-refractivity contribution is 0.922. The van der Waals surface area contributed by atoms with Gasteiger partial charge in [0.25, 0.3) is 0 Å². The molecule has 0 aliphatic heterocycles. The number of aromatic nitrogens is 6. The molecular weight excluding hydrogens is 561 g/mol. The van der Waals surface area contributed by atoms with Gasteiger partial charge in [0.2, 0.25) is 5.95 Å². The predicted molar refractivity (Wildman–Crippen MR) is 180 cm³/mol. The maximum absolute atomic E-state index is 6.32. The summed E-state index contributed by atoms with van der Waals surface area (Å²) in [5.41, 5.74) is 6.58. The van der Waals surface area contributed by atoms with Crippen molar-refractivity contribution >= 4 is 61.5 Å². The molecule has 206 valence electrons. The molecule has 0 unspecified atom stereocenters. The van der Waals surface area contributed by atoms with E-state index in [9.17, 15) is 0 Å². The van der Waals surface area contributed by atoms with E-state index in [1.54, 1.807) is 0 Å². The molecule has 4 heterocycles. The Morgan fingerprint density at radius 2 is 0.977 bits per heavy atom. The molecule has 9 rings (SSSR count). The topological polar surface area (TPSA) is 60.9 Å². The lowest BCUT2D eigenvalue weighted by Gasteiger charge is -2.18. The van der Waals surface area contributed by atoms with E-state index in [1.165, 1.54) is 0 Å². The van der Waals surface area contributed by atoms with Gasteiger partial charge in [0.1, 0.15) is 10.3 Å². The fourth-order valence-corrected chi connectivity index (χ4v) is 6.56. The van der Waals surface area contributed by atoms with E-state index in [0.29, 0.717) is 22.2 Å². The van der Waals surface area contributed by atoms with Gasteiger partial charge in [-0.05, 0) is 12.1 Å². The second-order valence-corrected chi connectivity index (χ2v) is 11.1. The Hall–Kier alpha value is -5.79. The molecular formula is C37H22N6S. The molecule has 7 heteroatoms. The molecule has 9 aromatic rings. The van der Waals surface area contributed by atoms with Gasteiger partial charge in [0, 0.05) is 32.7 Å². The second-order valence-electron chi connectivity index (χ2n) is 10.7. The van der Waals surface area contributed by atoms with Crippen molar-refractivity contribution in [1.29, 1.82) is 0 Å². The standard InChI is InChI=1S/C37H22N6S/c44-36-28-20-10-8-18-26(28)31-32(25-17-7-9-19-27(25)35-38-29-21-11-12-22-30(29)42(31)35)43(36)37-40-33(23-13-3-1-4-14-23)39-34(41-37)24-15-5-2-6-16-24/h1-22H. The summed E-state index contributed by atoms with van der Waals surface area (Å²) in [7, 11) is 0. The number of para-hydroxylation sites is 2. The molecule has 0 aliphatic rings. The summed E-state index contributed by atoms with van der Waals surface area (Å²) < 4.78 is 4.92. The zero-order valence-electron chi connectivity index (χ0n) is 23.3. The molecule has 0 saturated carbocycles. The van der Waals surface area contributed by atoms with Crippen LogP contribution in [0.1, 0.15) is 0 Å². The molecule has 0 N–H and O–H groups in total. The Morgan fingerprint density at radius 3 is 1.64 bits per heavy atom. The number of imidazole rings is 1. The lowest BCUT2D eigenvalue weighted by Crippen LogP contribution is -2.10. The Bertz CT molecular complexity index is 2570. The molecule has 0 atom stereocenters. The summed E-state index contributed by atoms with van der Waals surface area (Å²) in [5, 5.41) is 4.02.